The number of nitrogens with zero attached hydrogens (tertiary/aromatic N) is 4. The average molecular weight is 269 g/mol. The minimum absolute atomic E-state index is 0.623. The summed E-state index contributed by atoms with van der Waals surface area (Å²) in [6, 6.07) is 9.91. The number of ether oxygens (including phenoxy) is 1. The Hall–Kier alpha value is -2.47. The maximum Gasteiger partial charge on any atom is 0.168 e. The van der Waals surface area contributed by atoms with Crippen LogP contribution in [-0.2, 0) is 4.74 Å². The topological polar surface area (TPSA) is 64.9 Å². The van der Waals surface area contributed by atoms with Crippen LogP contribution in [0.1, 0.15) is 0 Å². The lowest BCUT2D eigenvalue weighted by Crippen LogP contribution is -2.09. The molecule has 2 heterocycles. The van der Waals surface area contributed by atoms with Crippen molar-refractivity contribution in [3.63, 3.8) is 0 Å². The number of fused-ring (bicyclic) bond motifs is 1. The molecule has 6 nitrogen and oxygen atoms in total. The molecule has 0 aliphatic rings. The first kappa shape index (κ1) is 12.6. The summed E-state index contributed by atoms with van der Waals surface area (Å²) in [5.41, 5.74) is 1.76. The fourth-order valence-electron chi connectivity index (χ4n) is 2.01. The van der Waals surface area contributed by atoms with Crippen LogP contribution < -0.4 is 5.32 Å². The molecule has 0 atom stereocenters. The van der Waals surface area contributed by atoms with Gasteiger partial charge < -0.3 is 10.1 Å². The molecule has 3 aromatic rings. The van der Waals surface area contributed by atoms with E-state index in [1.165, 1.54) is 0 Å². The molecule has 3 rings (SSSR count). The number of nitrogens with one attached hydrogen (secondary N) is 1. The van der Waals surface area contributed by atoms with Crippen LogP contribution >= 0.6 is 0 Å². The number of rotatable bonds is 5. The first-order valence-corrected chi connectivity index (χ1v) is 6.37. The summed E-state index contributed by atoms with van der Waals surface area (Å²) in [7, 11) is 1.67. The molecule has 6 heteroatoms. The molecule has 2 aromatic heterocycles. The van der Waals surface area contributed by atoms with Crippen LogP contribution in [0.25, 0.3) is 16.7 Å². The van der Waals surface area contributed by atoms with Gasteiger partial charge in [0.05, 0.1) is 23.9 Å². The van der Waals surface area contributed by atoms with Crippen LogP contribution in [0.4, 0.5) is 5.82 Å². The van der Waals surface area contributed by atoms with E-state index in [2.05, 4.69) is 20.4 Å². The Morgan fingerprint density at radius 2 is 2.05 bits per heavy atom. The maximum atomic E-state index is 5.02. The molecule has 20 heavy (non-hydrogen) atoms. The Bertz CT molecular complexity index is 695. The van der Waals surface area contributed by atoms with Crippen LogP contribution in [0.15, 0.2) is 42.9 Å². The van der Waals surface area contributed by atoms with E-state index in [1.807, 2.05) is 30.3 Å². The van der Waals surface area contributed by atoms with E-state index in [4.69, 9.17) is 4.74 Å². The normalized spacial score (nSPS) is 10.8. The first-order valence-electron chi connectivity index (χ1n) is 6.37. The predicted molar refractivity (Wildman–Crippen MR) is 77.0 cm³/mol. The third kappa shape index (κ3) is 2.33. The smallest absolute Gasteiger partial charge is 0.168 e. The van der Waals surface area contributed by atoms with E-state index < -0.39 is 0 Å². The van der Waals surface area contributed by atoms with Gasteiger partial charge in [-0.25, -0.2) is 14.6 Å². The zero-order valence-electron chi connectivity index (χ0n) is 11.2. The summed E-state index contributed by atoms with van der Waals surface area (Å²) in [6.07, 6.45) is 3.32. The SMILES string of the molecule is COCCNc1ncnc2c1cnn2-c1ccccc1. The van der Waals surface area contributed by atoms with Gasteiger partial charge in [-0.2, -0.15) is 5.10 Å². The number of aromatic nitrogens is 4. The quantitative estimate of drug-likeness (QED) is 0.716. The van der Waals surface area contributed by atoms with E-state index in [0.29, 0.717) is 13.2 Å². The summed E-state index contributed by atoms with van der Waals surface area (Å²) < 4.78 is 6.83. The molecule has 1 N–H and O–H groups in total. The number of methoxy groups -OCH3 is 1. The highest BCUT2D eigenvalue weighted by atomic mass is 16.5. The van der Waals surface area contributed by atoms with Crippen molar-refractivity contribution in [2.24, 2.45) is 0 Å². The van der Waals surface area contributed by atoms with Gasteiger partial charge in [-0.05, 0) is 12.1 Å². The monoisotopic (exact) mass is 269 g/mol. The second-order valence-electron chi connectivity index (χ2n) is 4.27. The maximum absolute atomic E-state index is 5.02. The Morgan fingerprint density at radius 3 is 2.85 bits per heavy atom. The molecular formula is C14H15N5O. The van der Waals surface area contributed by atoms with Crippen molar-refractivity contribution in [2.45, 2.75) is 0 Å². The van der Waals surface area contributed by atoms with Crippen LogP contribution in [0.5, 0.6) is 0 Å². The largest absolute Gasteiger partial charge is 0.383 e. The van der Waals surface area contributed by atoms with Crippen LogP contribution in [-0.4, -0.2) is 40.0 Å². The van der Waals surface area contributed by atoms with Gasteiger partial charge in [0.2, 0.25) is 0 Å². The van der Waals surface area contributed by atoms with Crippen molar-refractivity contribution >= 4 is 16.9 Å². The lowest BCUT2D eigenvalue weighted by molar-refractivity contribution is 0.210. The lowest BCUT2D eigenvalue weighted by atomic mass is 10.3. The molecule has 0 amide bonds. The van der Waals surface area contributed by atoms with Gasteiger partial charge in [0.15, 0.2) is 5.65 Å². The van der Waals surface area contributed by atoms with Crippen molar-refractivity contribution in [2.75, 3.05) is 25.6 Å². The number of hydrogen-bond acceptors (Lipinski definition) is 5. The Kier molecular flexibility index (Phi) is 3.56. The van der Waals surface area contributed by atoms with Crippen molar-refractivity contribution in [1.82, 2.24) is 19.7 Å². The molecule has 0 aliphatic carbocycles. The van der Waals surface area contributed by atoms with Gasteiger partial charge in [-0.1, -0.05) is 18.2 Å². The van der Waals surface area contributed by atoms with Crippen molar-refractivity contribution < 1.29 is 4.74 Å². The summed E-state index contributed by atoms with van der Waals surface area (Å²) in [6.45, 7) is 1.32. The molecule has 0 bridgehead atoms. The molecule has 0 saturated heterocycles. The number of anilines is 1. The van der Waals surface area contributed by atoms with E-state index in [1.54, 1.807) is 24.3 Å². The molecule has 1 aromatic carbocycles. The van der Waals surface area contributed by atoms with Crippen LogP contribution in [0.2, 0.25) is 0 Å². The van der Waals surface area contributed by atoms with Crippen molar-refractivity contribution in [3.8, 4) is 5.69 Å². The van der Waals surface area contributed by atoms with Gasteiger partial charge >= 0.3 is 0 Å². The second kappa shape index (κ2) is 5.66. The van der Waals surface area contributed by atoms with E-state index >= 15 is 0 Å². The highest BCUT2D eigenvalue weighted by Gasteiger charge is 2.10. The Labute approximate surface area is 116 Å². The Balaban J connectivity index is 1.99. The zero-order chi connectivity index (χ0) is 13.8. The fourth-order valence-corrected chi connectivity index (χ4v) is 2.01. The van der Waals surface area contributed by atoms with Crippen molar-refractivity contribution in [1.29, 1.82) is 0 Å². The molecule has 0 fully saturated rings. The third-order valence-electron chi connectivity index (χ3n) is 2.97. The third-order valence-corrected chi connectivity index (χ3v) is 2.97. The lowest BCUT2D eigenvalue weighted by Gasteiger charge is -2.06. The van der Waals surface area contributed by atoms with Gasteiger partial charge in [0.25, 0.3) is 0 Å². The molecule has 0 saturated carbocycles. The molecular weight excluding hydrogens is 254 g/mol. The Morgan fingerprint density at radius 1 is 1.20 bits per heavy atom. The summed E-state index contributed by atoms with van der Waals surface area (Å²) >= 11 is 0. The van der Waals surface area contributed by atoms with Gasteiger partial charge in [-0.15, -0.1) is 0 Å². The number of para-hydroxylation sites is 1. The summed E-state index contributed by atoms with van der Waals surface area (Å²) in [5.74, 6) is 0.772. The standard InChI is InChI=1S/C14H15N5O/c1-20-8-7-15-13-12-9-18-19(14(12)17-10-16-13)11-5-3-2-4-6-11/h2-6,9-10H,7-8H2,1H3,(H,15,16,17). The molecule has 102 valence electrons. The number of hydrogen-bond donors (Lipinski definition) is 1. The second-order valence-corrected chi connectivity index (χ2v) is 4.27. The highest BCUT2D eigenvalue weighted by Crippen LogP contribution is 2.21. The van der Waals surface area contributed by atoms with Crippen LogP contribution in [0, 0.1) is 0 Å². The van der Waals surface area contributed by atoms with Gasteiger partial charge in [0, 0.05) is 13.7 Å². The minimum atomic E-state index is 0.623. The minimum Gasteiger partial charge on any atom is -0.383 e. The molecule has 0 aliphatic heterocycles. The van der Waals surface area contributed by atoms with Gasteiger partial charge in [-0.3, -0.25) is 0 Å². The van der Waals surface area contributed by atoms with E-state index in [9.17, 15) is 0 Å². The summed E-state index contributed by atoms with van der Waals surface area (Å²) in [4.78, 5) is 8.58. The van der Waals surface area contributed by atoms with E-state index in [-0.39, 0.29) is 0 Å². The predicted octanol–water partition coefficient (Wildman–Crippen LogP) is 1.87. The number of benzene rings is 1. The molecule has 0 unspecified atom stereocenters. The average Bonchev–Trinajstić information content (AvgIpc) is 2.93. The van der Waals surface area contributed by atoms with Crippen LogP contribution in [0.3, 0.4) is 0 Å². The highest BCUT2D eigenvalue weighted by molar-refractivity contribution is 5.87. The first-order chi connectivity index (χ1) is 9.90. The van der Waals surface area contributed by atoms with Crippen molar-refractivity contribution in [3.05, 3.63) is 42.9 Å². The molecule has 0 radical (unpaired) electrons. The fraction of sp³-hybridized carbons (Fsp3) is 0.214. The van der Waals surface area contributed by atoms with Gasteiger partial charge in [0.1, 0.15) is 12.1 Å². The molecule has 0 spiro atoms. The zero-order valence-corrected chi connectivity index (χ0v) is 11.2. The summed E-state index contributed by atoms with van der Waals surface area (Å²) in [5, 5.41) is 8.52. The van der Waals surface area contributed by atoms with E-state index in [0.717, 1.165) is 22.5 Å².